The molecule has 0 N–H and O–H groups in total. The van der Waals surface area contributed by atoms with Crippen molar-refractivity contribution in [2.24, 2.45) is 0 Å². The van der Waals surface area contributed by atoms with Crippen LogP contribution in [-0.2, 0) is 0 Å². The molecule has 2 nitrogen and oxygen atoms in total. The smallest absolute Gasteiger partial charge is 0.0629 e. The highest BCUT2D eigenvalue weighted by Gasteiger charge is 2.18. The average molecular weight is 778 g/mol. The molecule has 0 aliphatic rings. The Balaban J connectivity index is 0.964. The highest BCUT2D eigenvalue weighted by Crippen LogP contribution is 2.43. The van der Waals surface area contributed by atoms with Crippen molar-refractivity contribution in [3.8, 4) is 33.6 Å². The molecule has 0 spiro atoms. The second-order valence-electron chi connectivity index (χ2n) is 14.9. The monoisotopic (exact) mass is 777 g/mol. The molecule has 4 heteroatoms. The maximum Gasteiger partial charge on any atom is 0.0629 e. The van der Waals surface area contributed by atoms with E-state index in [0.29, 0.717) is 5.56 Å². The van der Waals surface area contributed by atoms with Gasteiger partial charge in [0.15, 0.2) is 0 Å². The molecule has 4 aromatic heterocycles. The molecule has 13 rings (SSSR count). The van der Waals surface area contributed by atoms with Crippen molar-refractivity contribution in [2.75, 3.05) is 0 Å². The molecule has 270 valence electrons. The third-order valence-electron chi connectivity index (χ3n) is 11.8. The molecule has 0 saturated heterocycles. The van der Waals surface area contributed by atoms with Crippen LogP contribution in [0.1, 0.15) is 6.85 Å². The Kier molecular flexibility index (Phi) is 5.83. The summed E-state index contributed by atoms with van der Waals surface area (Å²) in [6.07, 6.45) is 0. The van der Waals surface area contributed by atoms with Crippen LogP contribution in [-0.4, -0.2) is 9.13 Å². The Morgan fingerprint density at radius 2 is 0.897 bits per heavy atom. The summed E-state index contributed by atoms with van der Waals surface area (Å²) in [5, 5.41) is 9.19. The van der Waals surface area contributed by atoms with E-state index in [9.17, 15) is 0 Å². The molecule has 13 aromatic rings. The lowest BCUT2D eigenvalue weighted by molar-refractivity contribution is 1.19. The van der Waals surface area contributed by atoms with Crippen LogP contribution in [0.4, 0.5) is 0 Å². The Morgan fingerprint density at radius 1 is 0.345 bits per heavy atom. The van der Waals surface area contributed by atoms with Crippen molar-refractivity contribution >= 4 is 107 Å². The van der Waals surface area contributed by atoms with Crippen LogP contribution in [0, 0.1) is 0 Å². The molecule has 0 aliphatic carbocycles. The van der Waals surface area contributed by atoms with E-state index in [1.807, 2.05) is 29.5 Å². The molecular formula is C54H32N2S2. The number of hydrogen-bond donors (Lipinski definition) is 0. The summed E-state index contributed by atoms with van der Waals surface area (Å²) in [5.41, 5.74) is 9.80. The SMILES string of the molecule is [2H]c1c([2H])c([2H])c(-c2cccc3sc4ccc(-n5c6ccccc6c6cc(-c7ccc8c(c7)c7ccccc7n8-c7ccc8c(c7)sc7ccccc78)ccc65)cc4c23)c([2H])c1[2H]. The first-order valence-corrected chi connectivity index (χ1v) is 21.0. The van der Waals surface area contributed by atoms with Gasteiger partial charge in [0, 0.05) is 73.3 Å². The van der Waals surface area contributed by atoms with Gasteiger partial charge in [-0.25, -0.2) is 0 Å². The lowest BCUT2D eigenvalue weighted by Gasteiger charge is -2.10. The number of rotatable bonds is 4. The summed E-state index contributed by atoms with van der Waals surface area (Å²) >= 11 is 3.49. The summed E-state index contributed by atoms with van der Waals surface area (Å²) in [7, 11) is 0. The van der Waals surface area contributed by atoms with E-state index < -0.39 is 6.04 Å². The number of nitrogens with zero attached hydrogens (tertiary/aromatic N) is 2. The first-order chi connectivity index (χ1) is 30.8. The molecule has 0 saturated carbocycles. The maximum absolute atomic E-state index is 8.80. The Labute approximate surface area is 348 Å². The number of para-hydroxylation sites is 2. The Hall–Kier alpha value is -6.98. The van der Waals surface area contributed by atoms with Crippen LogP contribution < -0.4 is 0 Å². The van der Waals surface area contributed by atoms with Gasteiger partial charge in [-0.1, -0.05) is 115 Å². The van der Waals surface area contributed by atoms with Crippen LogP contribution >= 0.6 is 22.7 Å². The van der Waals surface area contributed by atoms with E-state index in [0.717, 1.165) is 64.5 Å². The number of benzene rings is 9. The summed E-state index contributed by atoms with van der Waals surface area (Å²) in [4.78, 5) is 0. The van der Waals surface area contributed by atoms with Gasteiger partial charge in [-0.2, -0.15) is 0 Å². The summed E-state index contributed by atoms with van der Waals surface area (Å²) in [6, 6.07) is 57.2. The molecule has 0 amide bonds. The van der Waals surface area contributed by atoms with E-state index in [4.69, 9.17) is 6.85 Å². The van der Waals surface area contributed by atoms with E-state index in [-0.39, 0.29) is 29.7 Å². The Morgan fingerprint density at radius 3 is 1.62 bits per heavy atom. The van der Waals surface area contributed by atoms with Gasteiger partial charge in [-0.3, -0.25) is 0 Å². The van der Waals surface area contributed by atoms with Gasteiger partial charge in [-0.05, 0) is 101 Å². The molecule has 0 aliphatic heterocycles. The standard InChI is InChI=1S/C54H32N2S2/c1-2-11-33(12-3-1)38-16-10-20-52-54(38)45-31-36(24-28-51(45)57-52)55-46-17-7-4-13-39(46)43-29-34(21-26-48(43)55)35-22-27-49-44(30-35)40-14-5-8-18-47(40)56(49)37-23-25-42-41-15-6-9-19-50(41)58-53(42)32-37/h1-32H/i1D,2D,3D,11D,12D. The lowest BCUT2D eigenvalue weighted by atomic mass is 9.99. The summed E-state index contributed by atoms with van der Waals surface area (Å²) in [5.74, 6) is 0. The molecule has 0 bridgehead atoms. The van der Waals surface area contributed by atoms with E-state index in [1.54, 1.807) is 11.3 Å². The van der Waals surface area contributed by atoms with Gasteiger partial charge >= 0.3 is 0 Å². The first kappa shape index (κ1) is 27.6. The minimum atomic E-state index is -0.391. The van der Waals surface area contributed by atoms with Crippen molar-refractivity contribution < 1.29 is 6.85 Å². The molecular weight excluding hydrogens is 741 g/mol. The second kappa shape index (κ2) is 12.3. The van der Waals surface area contributed by atoms with E-state index in [1.165, 1.54) is 42.0 Å². The molecule has 4 heterocycles. The van der Waals surface area contributed by atoms with Crippen molar-refractivity contribution in [1.82, 2.24) is 9.13 Å². The van der Waals surface area contributed by atoms with Crippen LogP contribution in [0.3, 0.4) is 0 Å². The van der Waals surface area contributed by atoms with Crippen molar-refractivity contribution in [1.29, 1.82) is 0 Å². The maximum atomic E-state index is 8.80. The highest BCUT2D eigenvalue weighted by atomic mass is 32.1. The predicted molar refractivity (Wildman–Crippen MR) is 252 cm³/mol. The molecule has 0 unspecified atom stereocenters. The normalized spacial score (nSPS) is 13.3. The molecule has 9 aromatic carbocycles. The average Bonchev–Trinajstić information content (AvgIpc) is 4.07. The minimum Gasteiger partial charge on any atom is -0.309 e. The zero-order chi connectivity index (χ0) is 42.2. The van der Waals surface area contributed by atoms with E-state index in [2.05, 4.69) is 155 Å². The van der Waals surface area contributed by atoms with Crippen molar-refractivity contribution in [3.05, 3.63) is 194 Å². The number of fused-ring (bicyclic) bond motifs is 12. The third kappa shape index (κ3) is 4.64. The van der Waals surface area contributed by atoms with Crippen molar-refractivity contribution in [2.45, 2.75) is 0 Å². The first-order valence-electron chi connectivity index (χ1n) is 21.8. The fourth-order valence-electron chi connectivity index (χ4n) is 9.26. The second-order valence-corrected chi connectivity index (χ2v) is 17.1. The van der Waals surface area contributed by atoms with Gasteiger partial charge in [0.05, 0.1) is 28.9 Å². The van der Waals surface area contributed by atoms with Crippen molar-refractivity contribution in [3.63, 3.8) is 0 Å². The van der Waals surface area contributed by atoms with Gasteiger partial charge in [0.2, 0.25) is 0 Å². The van der Waals surface area contributed by atoms with Gasteiger partial charge in [-0.15, -0.1) is 22.7 Å². The molecule has 58 heavy (non-hydrogen) atoms. The number of aromatic nitrogens is 2. The van der Waals surface area contributed by atoms with E-state index >= 15 is 0 Å². The van der Waals surface area contributed by atoms with Gasteiger partial charge in [0.25, 0.3) is 0 Å². The van der Waals surface area contributed by atoms with Crippen LogP contribution in [0.5, 0.6) is 0 Å². The Bertz CT molecular complexity index is 4090. The fraction of sp³-hybridized carbons (Fsp3) is 0. The number of thiophene rings is 2. The zero-order valence-corrected chi connectivity index (χ0v) is 32.4. The molecule has 0 radical (unpaired) electrons. The lowest BCUT2D eigenvalue weighted by Crippen LogP contribution is -1.93. The minimum absolute atomic E-state index is 0.197. The fourth-order valence-corrected chi connectivity index (χ4v) is 11.5. The predicted octanol–water partition coefficient (Wildman–Crippen LogP) is 16.0. The zero-order valence-electron chi connectivity index (χ0n) is 35.8. The quantitative estimate of drug-likeness (QED) is 0.168. The van der Waals surface area contributed by atoms with Crippen LogP contribution in [0.2, 0.25) is 0 Å². The van der Waals surface area contributed by atoms with Gasteiger partial charge in [0.1, 0.15) is 0 Å². The molecule has 0 atom stereocenters. The van der Waals surface area contributed by atoms with Gasteiger partial charge < -0.3 is 9.13 Å². The number of hydrogen-bond acceptors (Lipinski definition) is 2. The highest BCUT2D eigenvalue weighted by molar-refractivity contribution is 7.26. The van der Waals surface area contributed by atoms with Crippen LogP contribution in [0.15, 0.2) is 194 Å². The molecule has 0 fully saturated rings. The van der Waals surface area contributed by atoms with Crippen LogP contribution in [0.25, 0.3) is 118 Å². The summed E-state index contributed by atoms with van der Waals surface area (Å²) < 4.78 is 52.0. The largest absolute Gasteiger partial charge is 0.309 e. The topological polar surface area (TPSA) is 9.86 Å². The third-order valence-corrected chi connectivity index (χ3v) is 14.1. The summed E-state index contributed by atoms with van der Waals surface area (Å²) in [6.45, 7) is 0.